The second-order valence-electron chi connectivity index (χ2n) is 7.54. The normalized spacial score (nSPS) is 16.1. The number of amides is 2. The molecule has 0 bridgehead atoms. The second-order valence-corrected chi connectivity index (χ2v) is 9.47. The average molecular weight is 466 g/mol. The van der Waals surface area contributed by atoms with Gasteiger partial charge in [0, 0.05) is 25.7 Å². The zero-order valence-electron chi connectivity index (χ0n) is 17.6. The molecule has 1 aliphatic rings. The fourth-order valence-corrected chi connectivity index (χ4v) is 5.08. The number of sulfonamides is 1. The Morgan fingerprint density at radius 1 is 0.938 bits per heavy atom. The van der Waals surface area contributed by atoms with Crippen molar-refractivity contribution in [3.05, 3.63) is 65.2 Å². The molecule has 172 valence electrons. The van der Waals surface area contributed by atoms with Crippen LogP contribution in [0, 0.1) is 11.6 Å². The number of likely N-dealkylation sites (N-methyl/N-ethyl adjacent to an activating group) is 1. The van der Waals surface area contributed by atoms with Crippen molar-refractivity contribution in [2.24, 2.45) is 0 Å². The van der Waals surface area contributed by atoms with E-state index in [9.17, 15) is 26.8 Å². The Hall–Kier alpha value is -2.85. The Morgan fingerprint density at radius 3 is 2.12 bits per heavy atom. The van der Waals surface area contributed by atoms with Gasteiger partial charge in [-0.1, -0.05) is 18.9 Å². The SMILES string of the molecule is CNC(=O)C(NC(=O)c1ccc(S(=O)(=O)N2CCCCCC2)cc1)c1ccc(F)c(F)c1. The molecule has 1 aliphatic heterocycles. The quantitative estimate of drug-likeness (QED) is 0.686. The van der Waals surface area contributed by atoms with Crippen molar-refractivity contribution in [2.75, 3.05) is 20.1 Å². The molecule has 2 amide bonds. The lowest BCUT2D eigenvalue weighted by Gasteiger charge is -2.20. The van der Waals surface area contributed by atoms with Gasteiger partial charge in [0.25, 0.3) is 5.91 Å². The van der Waals surface area contributed by atoms with Crippen LogP contribution in [0.15, 0.2) is 47.4 Å². The van der Waals surface area contributed by atoms with Crippen molar-refractivity contribution in [3.63, 3.8) is 0 Å². The Morgan fingerprint density at radius 2 is 1.56 bits per heavy atom. The molecular formula is C22H25F2N3O4S. The molecule has 2 N–H and O–H groups in total. The number of rotatable bonds is 6. The molecular weight excluding hydrogens is 440 g/mol. The summed E-state index contributed by atoms with van der Waals surface area (Å²) in [5, 5.41) is 4.85. The van der Waals surface area contributed by atoms with Crippen molar-refractivity contribution in [1.82, 2.24) is 14.9 Å². The van der Waals surface area contributed by atoms with Gasteiger partial charge in [0.1, 0.15) is 6.04 Å². The first kappa shape index (κ1) is 23.8. The summed E-state index contributed by atoms with van der Waals surface area (Å²) in [6.45, 7) is 0.930. The summed E-state index contributed by atoms with van der Waals surface area (Å²) < 4.78 is 54.1. The van der Waals surface area contributed by atoms with E-state index in [1.54, 1.807) is 0 Å². The number of nitrogens with one attached hydrogen (secondary N) is 2. The van der Waals surface area contributed by atoms with Gasteiger partial charge in [0.05, 0.1) is 4.90 Å². The van der Waals surface area contributed by atoms with E-state index >= 15 is 0 Å². The van der Waals surface area contributed by atoms with Crippen LogP contribution in [-0.2, 0) is 14.8 Å². The van der Waals surface area contributed by atoms with E-state index in [1.807, 2.05) is 0 Å². The maximum Gasteiger partial charge on any atom is 0.252 e. The molecule has 0 aromatic heterocycles. The number of carbonyl (C=O) groups is 2. The molecule has 2 aromatic rings. The zero-order chi connectivity index (χ0) is 23.3. The summed E-state index contributed by atoms with van der Waals surface area (Å²) in [6, 6.07) is 7.06. The number of halogens is 2. The van der Waals surface area contributed by atoms with Gasteiger partial charge in [-0.05, 0) is 54.8 Å². The lowest BCUT2D eigenvalue weighted by atomic mass is 10.0. The van der Waals surface area contributed by atoms with E-state index in [2.05, 4.69) is 10.6 Å². The van der Waals surface area contributed by atoms with E-state index in [0.29, 0.717) is 13.1 Å². The van der Waals surface area contributed by atoms with Crippen molar-refractivity contribution in [3.8, 4) is 0 Å². The van der Waals surface area contributed by atoms with Crippen LogP contribution in [0.25, 0.3) is 0 Å². The maximum atomic E-state index is 13.6. The van der Waals surface area contributed by atoms with Crippen LogP contribution in [0.4, 0.5) is 8.78 Å². The fraction of sp³-hybridized carbons (Fsp3) is 0.364. The van der Waals surface area contributed by atoms with Gasteiger partial charge in [0.15, 0.2) is 11.6 Å². The third-order valence-electron chi connectivity index (χ3n) is 5.38. The van der Waals surface area contributed by atoms with Crippen LogP contribution in [0.1, 0.15) is 47.6 Å². The number of hydrogen-bond donors (Lipinski definition) is 2. The van der Waals surface area contributed by atoms with Gasteiger partial charge in [-0.15, -0.1) is 0 Å². The topological polar surface area (TPSA) is 95.6 Å². The molecule has 0 radical (unpaired) electrons. The van der Waals surface area contributed by atoms with E-state index in [-0.39, 0.29) is 16.0 Å². The minimum absolute atomic E-state index is 0.0666. The number of nitrogens with zero attached hydrogens (tertiary/aromatic N) is 1. The number of hydrogen-bond acceptors (Lipinski definition) is 4. The Labute approximate surface area is 185 Å². The standard InChI is InChI=1S/C22H25F2N3O4S/c1-25-22(29)20(16-8-11-18(23)19(24)14-16)26-21(28)15-6-9-17(10-7-15)32(30,31)27-12-4-2-3-5-13-27/h6-11,14,20H,2-5,12-13H2,1H3,(H,25,29)(H,26,28). The van der Waals surface area contributed by atoms with Gasteiger partial charge in [-0.2, -0.15) is 4.31 Å². The first-order chi connectivity index (χ1) is 15.2. The highest BCUT2D eigenvalue weighted by atomic mass is 32.2. The minimum atomic E-state index is -3.66. The zero-order valence-corrected chi connectivity index (χ0v) is 18.4. The highest BCUT2D eigenvalue weighted by molar-refractivity contribution is 7.89. The average Bonchev–Trinajstić information content (AvgIpc) is 3.09. The summed E-state index contributed by atoms with van der Waals surface area (Å²) in [6.07, 6.45) is 3.61. The smallest absolute Gasteiger partial charge is 0.252 e. The molecule has 0 aliphatic carbocycles. The Bertz CT molecular complexity index is 1080. The molecule has 3 rings (SSSR count). The van der Waals surface area contributed by atoms with Crippen LogP contribution in [-0.4, -0.2) is 44.7 Å². The van der Waals surface area contributed by atoms with Crippen molar-refractivity contribution >= 4 is 21.8 Å². The predicted octanol–water partition coefficient (Wildman–Crippen LogP) is 2.75. The fourth-order valence-electron chi connectivity index (χ4n) is 3.56. The number of benzene rings is 2. The molecule has 32 heavy (non-hydrogen) atoms. The van der Waals surface area contributed by atoms with Crippen LogP contribution in [0.2, 0.25) is 0 Å². The first-order valence-corrected chi connectivity index (χ1v) is 11.8. The molecule has 1 fully saturated rings. The third kappa shape index (κ3) is 5.31. The largest absolute Gasteiger partial charge is 0.357 e. The number of carbonyl (C=O) groups excluding carboxylic acids is 2. The predicted molar refractivity (Wildman–Crippen MR) is 114 cm³/mol. The molecule has 2 aromatic carbocycles. The summed E-state index contributed by atoms with van der Waals surface area (Å²) in [7, 11) is -2.31. The maximum absolute atomic E-state index is 13.6. The van der Waals surface area contributed by atoms with Gasteiger partial charge in [0.2, 0.25) is 15.9 Å². The molecule has 10 heteroatoms. The highest BCUT2D eigenvalue weighted by Crippen LogP contribution is 2.22. The van der Waals surface area contributed by atoms with Crippen LogP contribution < -0.4 is 10.6 Å². The van der Waals surface area contributed by atoms with E-state index in [4.69, 9.17) is 0 Å². The summed E-state index contributed by atoms with van der Waals surface area (Å²) in [4.78, 5) is 25.0. The van der Waals surface area contributed by atoms with Crippen molar-refractivity contribution < 1.29 is 26.8 Å². The van der Waals surface area contributed by atoms with Gasteiger partial charge < -0.3 is 10.6 Å². The van der Waals surface area contributed by atoms with Gasteiger partial charge >= 0.3 is 0 Å². The molecule has 0 saturated carbocycles. The first-order valence-electron chi connectivity index (χ1n) is 10.3. The Kier molecular flexibility index (Phi) is 7.57. The van der Waals surface area contributed by atoms with Crippen molar-refractivity contribution in [2.45, 2.75) is 36.6 Å². The van der Waals surface area contributed by atoms with Crippen molar-refractivity contribution in [1.29, 1.82) is 0 Å². The summed E-state index contributed by atoms with van der Waals surface area (Å²) >= 11 is 0. The Balaban J connectivity index is 1.79. The molecule has 1 heterocycles. The van der Waals surface area contributed by atoms with Gasteiger partial charge in [-0.3, -0.25) is 9.59 Å². The molecule has 1 unspecified atom stereocenters. The van der Waals surface area contributed by atoms with Crippen LogP contribution in [0.3, 0.4) is 0 Å². The summed E-state index contributed by atoms with van der Waals surface area (Å²) in [5.74, 6) is -3.50. The van der Waals surface area contributed by atoms with Crippen LogP contribution in [0.5, 0.6) is 0 Å². The lowest BCUT2D eigenvalue weighted by Crippen LogP contribution is -2.39. The third-order valence-corrected chi connectivity index (χ3v) is 7.29. The second kappa shape index (κ2) is 10.2. The summed E-state index contributed by atoms with van der Waals surface area (Å²) in [5.41, 5.74) is 0.188. The van der Waals surface area contributed by atoms with E-state index in [1.165, 1.54) is 41.7 Å². The molecule has 0 spiro atoms. The highest BCUT2D eigenvalue weighted by Gasteiger charge is 2.26. The lowest BCUT2D eigenvalue weighted by molar-refractivity contribution is -0.122. The molecule has 7 nitrogen and oxygen atoms in total. The monoisotopic (exact) mass is 465 g/mol. The molecule has 1 atom stereocenters. The van der Waals surface area contributed by atoms with Gasteiger partial charge in [-0.25, -0.2) is 17.2 Å². The van der Waals surface area contributed by atoms with Crippen LogP contribution >= 0.6 is 0 Å². The van der Waals surface area contributed by atoms with E-state index < -0.39 is 39.5 Å². The molecule has 1 saturated heterocycles. The minimum Gasteiger partial charge on any atom is -0.357 e. The van der Waals surface area contributed by atoms with E-state index in [0.717, 1.165) is 37.8 Å².